The van der Waals surface area contributed by atoms with E-state index in [2.05, 4.69) is 21.2 Å². The third-order valence-corrected chi connectivity index (χ3v) is 5.99. The Morgan fingerprint density at radius 3 is 2.80 bits per heavy atom. The van der Waals surface area contributed by atoms with Crippen molar-refractivity contribution in [2.75, 3.05) is 32.3 Å². The van der Waals surface area contributed by atoms with Crippen LogP contribution < -0.4 is 24.4 Å². The summed E-state index contributed by atoms with van der Waals surface area (Å²) in [5, 5.41) is 3.11. The number of fused-ring (bicyclic) bond motifs is 1. The van der Waals surface area contributed by atoms with Gasteiger partial charge < -0.3 is 24.4 Å². The molecule has 2 aliphatic rings. The van der Waals surface area contributed by atoms with Gasteiger partial charge in [0.2, 0.25) is 11.8 Å². The highest BCUT2D eigenvalue weighted by Crippen LogP contribution is 2.37. The summed E-state index contributed by atoms with van der Waals surface area (Å²) in [4.78, 5) is 27.3. The van der Waals surface area contributed by atoms with Crippen LogP contribution in [0.5, 0.6) is 17.2 Å². The second-order valence-corrected chi connectivity index (χ2v) is 8.24. The summed E-state index contributed by atoms with van der Waals surface area (Å²) in [5.74, 6) is 1.28. The first-order valence-corrected chi connectivity index (χ1v) is 10.5. The maximum Gasteiger partial charge on any atom is 0.227 e. The smallest absolute Gasteiger partial charge is 0.227 e. The molecule has 1 saturated heterocycles. The van der Waals surface area contributed by atoms with Crippen LogP contribution >= 0.6 is 15.9 Å². The molecule has 2 aliphatic heterocycles. The fourth-order valence-electron chi connectivity index (χ4n) is 3.93. The van der Waals surface area contributed by atoms with E-state index < -0.39 is 5.92 Å². The van der Waals surface area contributed by atoms with Gasteiger partial charge in [-0.05, 0) is 30.3 Å². The molecule has 2 aromatic carbocycles. The molecule has 0 saturated carbocycles. The van der Waals surface area contributed by atoms with E-state index >= 15 is 0 Å². The van der Waals surface area contributed by atoms with Gasteiger partial charge in [0.1, 0.15) is 17.2 Å². The van der Waals surface area contributed by atoms with Gasteiger partial charge in [-0.3, -0.25) is 9.59 Å². The van der Waals surface area contributed by atoms with E-state index in [0.29, 0.717) is 36.8 Å². The van der Waals surface area contributed by atoms with E-state index in [4.69, 9.17) is 14.2 Å². The van der Waals surface area contributed by atoms with Gasteiger partial charge in [-0.1, -0.05) is 15.9 Å². The average molecular weight is 475 g/mol. The molecule has 2 atom stereocenters. The summed E-state index contributed by atoms with van der Waals surface area (Å²) in [5.41, 5.74) is 1.55. The molecule has 30 heavy (non-hydrogen) atoms. The number of hydrogen-bond acceptors (Lipinski definition) is 5. The lowest BCUT2D eigenvalue weighted by Crippen LogP contribution is -2.37. The Morgan fingerprint density at radius 1 is 1.20 bits per heavy atom. The molecule has 7 nitrogen and oxygen atoms in total. The summed E-state index contributed by atoms with van der Waals surface area (Å²) in [6.07, 6.45) is 0.837. The second kappa shape index (κ2) is 8.55. The van der Waals surface area contributed by atoms with E-state index in [0.717, 1.165) is 15.8 Å². The Balaban J connectivity index is 1.50. The van der Waals surface area contributed by atoms with Crippen LogP contribution in [0, 0.1) is 5.92 Å². The Morgan fingerprint density at radius 2 is 2.03 bits per heavy atom. The molecule has 158 valence electrons. The van der Waals surface area contributed by atoms with Gasteiger partial charge in [0.05, 0.1) is 38.5 Å². The van der Waals surface area contributed by atoms with Crippen molar-refractivity contribution in [2.24, 2.45) is 5.92 Å². The van der Waals surface area contributed by atoms with Gasteiger partial charge >= 0.3 is 0 Å². The summed E-state index contributed by atoms with van der Waals surface area (Å²) < 4.78 is 17.3. The molecule has 0 spiro atoms. The number of halogens is 1. The zero-order chi connectivity index (χ0) is 21.3. The molecular weight excluding hydrogens is 452 g/mol. The minimum absolute atomic E-state index is 0.114. The van der Waals surface area contributed by atoms with Crippen LogP contribution in [0.4, 0.5) is 5.69 Å². The van der Waals surface area contributed by atoms with Crippen LogP contribution in [0.1, 0.15) is 24.4 Å². The van der Waals surface area contributed by atoms with Crippen molar-refractivity contribution in [3.05, 3.63) is 46.4 Å². The Bertz CT molecular complexity index is 980. The maximum atomic E-state index is 13.0. The molecule has 8 heteroatoms. The molecule has 2 aromatic rings. The fourth-order valence-corrected chi connectivity index (χ4v) is 4.31. The molecule has 1 N–H and O–H groups in total. The van der Waals surface area contributed by atoms with Crippen molar-refractivity contribution < 1.29 is 23.8 Å². The van der Waals surface area contributed by atoms with Gasteiger partial charge in [0.25, 0.3) is 0 Å². The van der Waals surface area contributed by atoms with Crippen molar-refractivity contribution in [3.8, 4) is 17.2 Å². The number of hydrogen-bond donors (Lipinski definition) is 1. The number of rotatable bonds is 5. The lowest BCUT2D eigenvalue weighted by Gasteiger charge is -2.28. The van der Waals surface area contributed by atoms with Crippen LogP contribution in [0.3, 0.4) is 0 Å². The van der Waals surface area contributed by atoms with Gasteiger partial charge in [-0.2, -0.15) is 0 Å². The van der Waals surface area contributed by atoms with Crippen molar-refractivity contribution in [1.82, 2.24) is 5.32 Å². The second-order valence-electron chi connectivity index (χ2n) is 7.32. The van der Waals surface area contributed by atoms with E-state index in [1.165, 1.54) is 0 Å². The highest BCUT2D eigenvalue weighted by molar-refractivity contribution is 9.10. The predicted molar refractivity (Wildman–Crippen MR) is 115 cm³/mol. The third kappa shape index (κ3) is 3.96. The molecule has 2 heterocycles. The van der Waals surface area contributed by atoms with Gasteiger partial charge in [-0.15, -0.1) is 0 Å². The predicted octanol–water partition coefficient (Wildman–Crippen LogP) is 3.46. The van der Waals surface area contributed by atoms with Crippen LogP contribution in [-0.4, -0.2) is 39.2 Å². The van der Waals surface area contributed by atoms with Crippen molar-refractivity contribution in [1.29, 1.82) is 0 Å². The quantitative estimate of drug-likeness (QED) is 0.717. The topological polar surface area (TPSA) is 77.1 Å². The number of amides is 2. The summed E-state index contributed by atoms with van der Waals surface area (Å²) in [6, 6.07) is 10.9. The van der Waals surface area contributed by atoms with E-state index in [1.54, 1.807) is 37.3 Å². The Kier molecular flexibility index (Phi) is 5.85. The lowest BCUT2D eigenvalue weighted by atomic mass is 9.99. The first-order valence-electron chi connectivity index (χ1n) is 9.75. The number of nitrogens with zero attached hydrogens (tertiary/aromatic N) is 1. The SMILES string of the molecule is COc1ccc(OC)c(N2CC(C(=O)NC3CCOc4ccc(Br)cc43)CC2=O)c1. The number of carbonyl (C=O) groups is 2. The summed E-state index contributed by atoms with van der Waals surface area (Å²) >= 11 is 3.48. The highest BCUT2D eigenvalue weighted by Gasteiger charge is 2.37. The lowest BCUT2D eigenvalue weighted by molar-refractivity contribution is -0.127. The number of anilines is 1. The number of methoxy groups -OCH3 is 2. The molecule has 1 fully saturated rings. The molecule has 0 bridgehead atoms. The van der Waals surface area contributed by atoms with Crippen LogP contribution in [-0.2, 0) is 9.59 Å². The van der Waals surface area contributed by atoms with E-state index in [1.807, 2.05) is 18.2 Å². The van der Waals surface area contributed by atoms with Crippen molar-refractivity contribution in [2.45, 2.75) is 18.9 Å². The monoisotopic (exact) mass is 474 g/mol. The third-order valence-electron chi connectivity index (χ3n) is 5.50. The molecular formula is C22H23BrN2O5. The highest BCUT2D eigenvalue weighted by atomic mass is 79.9. The normalized spacial score (nSPS) is 20.4. The first-order chi connectivity index (χ1) is 14.5. The van der Waals surface area contributed by atoms with Gasteiger partial charge in [0, 0.05) is 35.5 Å². The van der Waals surface area contributed by atoms with Crippen molar-refractivity contribution in [3.63, 3.8) is 0 Å². The zero-order valence-electron chi connectivity index (χ0n) is 16.8. The van der Waals surface area contributed by atoms with E-state index in [-0.39, 0.29) is 24.3 Å². The number of carbonyl (C=O) groups excluding carboxylic acids is 2. The zero-order valence-corrected chi connectivity index (χ0v) is 18.4. The Hall–Kier alpha value is -2.74. The standard InChI is InChI=1S/C22H23BrN2O5/c1-28-15-4-6-20(29-2)18(11-15)25-12-13(9-21(25)26)22(27)24-17-7-8-30-19-5-3-14(23)10-16(17)19/h3-6,10-11,13,17H,7-9,12H2,1-2H3,(H,24,27). The summed E-state index contributed by atoms with van der Waals surface area (Å²) in [6.45, 7) is 0.832. The number of ether oxygens (including phenoxy) is 3. The number of benzene rings is 2. The van der Waals surface area contributed by atoms with Crippen molar-refractivity contribution >= 4 is 33.4 Å². The molecule has 2 amide bonds. The van der Waals surface area contributed by atoms with Gasteiger partial charge in [0.15, 0.2) is 0 Å². The Labute approximate surface area is 183 Å². The molecule has 0 aliphatic carbocycles. The van der Waals surface area contributed by atoms with Crippen LogP contribution in [0.15, 0.2) is 40.9 Å². The number of nitrogens with one attached hydrogen (secondary N) is 1. The molecule has 0 radical (unpaired) electrons. The van der Waals surface area contributed by atoms with Crippen LogP contribution in [0.2, 0.25) is 0 Å². The molecule has 0 aromatic heterocycles. The average Bonchev–Trinajstić information content (AvgIpc) is 3.15. The summed E-state index contributed by atoms with van der Waals surface area (Å²) in [7, 11) is 3.12. The first kappa shape index (κ1) is 20.5. The largest absolute Gasteiger partial charge is 0.497 e. The maximum absolute atomic E-state index is 13.0. The minimum Gasteiger partial charge on any atom is -0.497 e. The minimum atomic E-state index is -0.438. The fraction of sp³-hybridized carbons (Fsp3) is 0.364. The van der Waals surface area contributed by atoms with E-state index in [9.17, 15) is 9.59 Å². The van der Waals surface area contributed by atoms with Gasteiger partial charge in [-0.25, -0.2) is 0 Å². The molecule has 4 rings (SSSR count). The molecule has 2 unspecified atom stereocenters. The van der Waals surface area contributed by atoms with Crippen LogP contribution in [0.25, 0.3) is 0 Å².